The second-order valence-electron chi connectivity index (χ2n) is 8.23. The van der Waals surface area contributed by atoms with E-state index in [1.165, 1.54) is 17.4 Å². The molecular weight excluding hydrogens is 401 g/mol. The van der Waals surface area contributed by atoms with Gasteiger partial charge in [-0.3, -0.25) is 4.79 Å². The van der Waals surface area contributed by atoms with Crippen LogP contribution in [0.1, 0.15) is 62.3 Å². The van der Waals surface area contributed by atoms with Crippen LogP contribution >= 0.6 is 11.3 Å². The van der Waals surface area contributed by atoms with Crippen molar-refractivity contribution >= 4 is 17.2 Å². The van der Waals surface area contributed by atoms with Crippen molar-refractivity contribution in [1.82, 2.24) is 4.57 Å². The number of hydrogen-bond donors (Lipinski definition) is 0. The molecule has 0 spiro atoms. The van der Waals surface area contributed by atoms with Gasteiger partial charge in [-0.25, -0.2) is 0 Å². The number of carbonyl (C=O) groups is 1. The van der Waals surface area contributed by atoms with Crippen molar-refractivity contribution in [3.8, 4) is 5.75 Å². The zero-order chi connectivity index (χ0) is 22.0. The number of nitrogens with zero attached hydrogens (tertiary/aromatic N) is 2. The van der Waals surface area contributed by atoms with Crippen LogP contribution in [-0.4, -0.2) is 17.1 Å². The molecule has 1 aromatic carbocycles. The summed E-state index contributed by atoms with van der Waals surface area (Å²) in [6.07, 6.45) is -2.59. The fraction of sp³-hybridized carbons (Fsp3) is 0.524. The highest BCUT2D eigenvalue weighted by atomic mass is 32.1. The normalized spacial score (nSPS) is 13.2. The number of carbonyl (C=O) groups excluding carboxylic acids is 1. The quantitative estimate of drug-likeness (QED) is 0.617. The molecule has 0 N–H and O–H groups in total. The lowest BCUT2D eigenvalue weighted by Crippen LogP contribution is -2.19. The van der Waals surface area contributed by atoms with Crippen molar-refractivity contribution in [3.63, 3.8) is 0 Å². The van der Waals surface area contributed by atoms with Crippen LogP contribution in [-0.2, 0) is 18.1 Å². The minimum atomic E-state index is -4.56. The van der Waals surface area contributed by atoms with Crippen LogP contribution in [0.5, 0.6) is 5.75 Å². The molecule has 0 aliphatic carbocycles. The first-order chi connectivity index (χ1) is 13.3. The SMILES string of the molecule is CCOc1ccc(C(F)(F)F)cc1C(=O)N=c1sc(C(C)(C)C)cn1CC(C)C. The largest absolute Gasteiger partial charge is 0.493 e. The third kappa shape index (κ3) is 5.95. The molecule has 0 saturated carbocycles. The van der Waals surface area contributed by atoms with Crippen molar-refractivity contribution in [1.29, 1.82) is 0 Å². The molecule has 160 valence electrons. The average Bonchev–Trinajstić information content (AvgIpc) is 2.96. The Balaban J connectivity index is 2.60. The number of amides is 1. The second-order valence-corrected chi connectivity index (χ2v) is 9.24. The van der Waals surface area contributed by atoms with E-state index in [-0.39, 0.29) is 23.3 Å². The molecule has 0 bridgehead atoms. The first-order valence-electron chi connectivity index (χ1n) is 9.46. The van der Waals surface area contributed by atoms with E-state index >= 15 is 0 Å². The molecule has 2 rings (SSSR count). The molecule has 0 radical (unpaired) electrons. The summed E-state index contributed by atoms with van der Waals surface area (Å²) in [5, 5.41) is 0. The third-order valence-electron chi connectivity index (χ3n) is 4.06. The van der Waals surface area contributed by atoms with Gasteiger partial charge in [0, 0.05) is 17.6 Å². The Labute approximate surface area is 173 Å². The maximum absolute atomic E-state index is 13.1. The van der Waals surface area contributed by atoms with Crippen molar-refractivity contribution in [2.45, 2.75) is 59.7 Å². The summed E-state index contributed by atoms with van der Waals surface area (Å²) in [5.74, 6) is -0.337. The molecule has 0 aliphatic rings. The second kappa shape index (κ2) is 8.73. The Bertz CT molecular complexity index is 935. The summed E-state index contributed by atoms with van der Waals surface area (Å²) in [6.45, 7) is 12.9. The lowest BCUT2D eigenvalue weighted by atomic mass is 9.95. The highest BCUT2D eigenvalue weighted by Crippen LogP contribution is 2.33. The fourth-order valence-electron chi connectivity index (χ4n) is 2.64. The number of ether oxygens (including phenoxy) is 1. The minimum Gasteiger partial charge on any atom is -0.493 e. The maximum atomic E-state index is 13.1. The summed E-state index contributed by atoms with van der Waals surface area (Å²) < 4.78 is 46.7. The summed E-state index contributed by atoms with van der Waals surface area (Å²) in [5.41, 5.74) is -1.23. The number of hydrogen-bond acceptors (Lipinski definition) is 3. The molecule has 0 atom stereocenters. The summed E-state index contributed by atoms with van der Waals surface area (Å²) in [6, 6.07) is 2.89. The smallest absolute Gasteiger partial charge is 0.416 e. The van der Waals surface area contributed by atoms with E-state index < -0.39 is 17.6 Å². The molecule has 4 nitrogen and oxygen atoms in total. The summed E-state index contributed by atoms with van der Waals surface area (Å²) in [7, 11) is 0. The summed E-state index contributed by atoms with van der Waals surface area (Å²) >= 11 is 1.37. The van der Waals surface area contributed by atoms with Crippen LogP contribution in [0.2, 0.25) is 0 Å². The molecule has 8 heteroatoms. The standard InChI is InChI=1S/C21H27F3N2O2S/c1-7-28-16-9-8-14(21(22,23)24)10-15(16)18(27)25-19-26(11-13(2)3)12-17(29-19)20(4,5)6/h8-10,12-13H,7,11H2,1-6H3. The highest BCUT2D eigenvalue weighted by Gasteiger charge is 2.32. The van der Waals surface area contributed by atoms with Gasteiger partial charge in [-0.15, -0.1) is 11.3 Å². The van der Waals surface area contributed by atoms with Crippen LogP contribution in [0, 0.1) is 5.92 Å². The van der Waals surface area contributed by atoms with Crippen LogP contribution in [0.15, 0.2) is 29.4 Å². The van der Waals surface area contributed by atoms with Crippen LogP contribution in [0.4, 0.5) is 13.2 Å². The van der Waals surface area contributed by atoms with Crippen molar-refractivity contribution in [3.05, 3.63) is 45.2 Å². The van der Waals surface area contributed by atoms with Gasteiger partial charge < -0.3 is 9.30 Å². The van der Waals surface area contributed by atoms with Crippen molar-refractivity contribution in [2.75, 3.05) is 6.61 Å². The van der Waals surface area contributed by atoms with E-state index in [1.54, 1.807) is 6.92 Å². The van der Waals surface area contributed by atoms with Gasteiger partial charge in [0.25, 0.3) is 5.91 Å². The number of alkyl halides is 3. The molecule has 1 aromatic heterocycles. The molecule has 29 heavy (non-hydrogen) atoms. The highest BCUT2D eigenvalue weighted by molar-refractivity contribution is 7.09. The van der Waals surface area contributed by atoms with Gasteiger partial charge >= 0.3 is 6.18 Å². The lowest BCUT2D eigenvalue weighted by molar-refractivity contribution is -0.137. The zero-order valence-electron chi connectivity index (χ0n) is 17.6. The van der Waals surface area contributed by atoms with Gasteiger partial charge in [-0.2, -0.15) is 18.2 Å². The molecule has 0 aliphatic heterocycles. The van der Waals surface area contributed by atoms with E-state index in [4.69, 9.17) is 4.74 Å². The van der Waals surface area contributed by atoms with Crippen LogP contribution in [0.3, 0.4) is 0 Å². The van der Waals surface area contributed by atoms with E-state index in [1.807, 2.05) is 24.6 Å². The fourth-order valence-corrected chi connectivity index (χ4v) is 3.70. The first kappa shape index (κ1) is 23.2. The van der Waals surface area contributed by atoms with E-state index in [0.717, 1.165) is 17.0 Å². The predicted octanol–water partition coefficient (Wildman–Crippen LogP) is 5.66. The predicted molar refractivity (Wildman–Crippen MR) is 108 cm³/mol. The maximum Gasteiger partial charge on any atom is 0.416 e. The van der Waals surface area contributed by atoms with Gasteiger partial charge in [0.15, 0.2) is 4.80 Å². The molecular formula is C21H27F3N2O2S. The van der Waals surface area contributed by atoms with Gasteiger partial charge in [-0.05, 0) is 36.5 Å². The Morgan fingerprint density at radius 1 is 1.24 bits per heavy atom. The molecule has 1 amide bonds. The Morgan fingerprint density at radius 2 is 1.90 bits per heavy atom. The van der Waals surface area contributed by atoms with E-state index in [9.17, 15) is 18.0 Å². The summed E-state index contributed by atoms with van der Waals surface area (Å²) in [4.78, 5) is 18.5. The number of halogens is 3. The number of rotatable bonds is 5. The first-order valence-corrected chi connectivity index (χ1v) is 10.3. The van der Waals surface area contributed by atoms with Gasteiger partial charge in [0.1, 0.15) is 5.75 Å². The lowest BCUT2D eigenvalue weighted by Gasteiger charge is -2.14. The number of benzene rings is 1. The monoisotopic (exact) mass is 428 g/mol. The van der Waals surface area contributed by atoms with Gasteiger partial charge in [0.05, 0.1) is 17.7 Å². The molecule has 0 fully saturated rings. The molecule has 2 aromatic rings. The Morgan fingerprint density at radius 3 is 2.41 bits per heavy atom. The van der Waals surface area contributed by atoms with E-state index in [0.29, 0.717) is 17.3 Å². The Kier molecular flexibility index (Phi) is 6.98. The van der Waals surface area contributed by atoms with Crippen LogP contribution < -0.4 is 9.54 Å². The van der Waals surface area contributed by atoms with Crippen molar-refractivity contribution < 1.29 is 22.7 Å². The number of thiazole rings is 1. The molecule has 0 unspecified atom stereocenters. The third-order valence-corrected chi connectivity index (χ3v) is 5.50. The average molecular weight is 429 g/mol. The zero-order valence-corrected chi connectivity index (χ0v) is 18.4. The molecule has 0 saturated heterocycles. The van der Waals surface area contributed by atoms with Crippen molar-refractivity contribution in [2.24, 2.45) is 10.9 Å². The minimum absolute atomic E-state index is 0.0947. The molecule has 1 heterocycles. The van der Waals surface area contributed by atoms with Crippen LogP contribution in [0.25, 0.3) is 0 Å². The Hall–Kier alpha value is -2.09. The number of aromatic nitrogens is 1. The van der Waals surface area contributed by atoms with E-state index in [2.05, 4.69) is 25.8 Å². The van der Waals surface area contributed by atoms with Gasteiger partial charge in [-0.1, -0.05) is 34.6 Å². The topological polar surface area (TPSA) is 43.6 Å². The van der Waals surface area contributed by atoms with Gasteiger partial charge in [0.2, 0.25) is 0 Å².